The maximum atomic E-state index is 12.2. The number of esters is 1. The number of sulfonamides is 1. The van der Waals surface area contributed by atoms with Crippen LogP contribution in [-0.2, 0) is 29.1 Å². The van der Waals surface area contributed by atoms with Gasteiger partial charge in [0.2, 0.25) is 15.9 Å². The van der Waals surface area contributed by atoms with Gasteiger partial charge < -0.3 is 15.8 Å². The Balaban J connectivity index is 2.79. The molecule has 1 aromatic carbocycles. The third kappa shape index (κ3) is 5.63. The summed E-state index contributed by atoms with van der Waals surface area (Å²) in [6.07, 6.45) is -1.17. The number of nitrogens with two attached hydrogens (primary N) is 1. The van der Waals surface area contributed by atoms with Crippen LogP contribution in [0.15, 0.2) is 29.2 Å². The van der Waals surface area contributed by atoms with Crippen molar-refractivity contribution in [1.82, 2.24) is 4.72 Å². The van der Waals surface area contributed by atoms with E-state index in [9.17, 15) is 22.8 Å². The van der Waals surface area contributed by atoms with Crippen molar-refractivity contribution in [2.45, 2.75) is 37.8 Å². The number of primary amides is 1. The van der Waals surface area contributed by atoms with E-state index in [0.29, 0.717) is 5.69 Å². The normalized spacial score (nSPS) is 13.6. The second-order valence-corrected chi connectivity index (χ2v) is 6.74. The molecule has 2 amide bonds. The summed E-state index contributed by atoms with van der Waals surface area (Å²) in [7, 11) is -3.99. The maximum Gasteiger partial charge on any atom is 0.324 e. The number of ether oxygens (including phenoxy) is 1. The van der Waals surface area contributed by atoms with Crippen LogP contribution in [0.1, 0.15) is 20.8 Å². The molecule has 4 N–H and O–H groups in total. The van der Waals surface area contributed by atoms with Crippen LogP contribution < -0.4 is 15.8 Å². The standard InChI is InChI=1S/C14H19N3O6S/c1-8(14(20)23-9(2)13(15)19)17-24(21,22)12-6-4-11(5-7-12)16-10(3)18/h4-9,17H,1-3H3,(H2,15,19)(H,16,18)/t8-,9+/m0/s1. The predicted octanol–water partition coefficient (Wildman–Crippen LogP) is -0.271. The molecule has 0 bridgehead atoms. The largest absolute Gasteiger partial charge is 0.451 e. The highest BCUT2D eigenvalue weighted by Crippen LogP contribution is 2.14. The van der Waals surface area contributed by atoms with Gasteiger partial charge in [-0.25, -0.2) is 8.42 Å². The Kier molecular flexibility index (Phi) is 6.43. The van der Waals surface area contributed by atoms with Crippen molar-refractivity contribution in [3.63, 3.8) is 0 Å². The third-order valence-corrected chi connectivity index (χ3v) is 4.42. The highest BCUT2D eigenvalue weighted by Gasteiger charge is 2.25. The van der Waals surface area contributed by atoms with Crippen LogP contribution in [0.2, 0.25) is 0 Å². The molecule has 9 nitrogen and oxygen atoms in total. The highest BCUT2D eigenvalue weighted by molar-refractivity contribution is 7.89. The number of benzene rings is 1. The van der Waals surface area contributed by atoms with Crippen molar-refractivity contribution >= 4 is 33.5 Å². The fourth-order valence-corrected chi connectivity index (χ4v) is 2.80. The van der Waals surface area contributed by atoms with Crippen LogP contribution in [0.25, 0.3) is 0 Å². The van der Waals surface area contributed by atoms with Crippen molar-refractivity contribution in [3.8, 4) is 0 Å². The maximum absolute atomic E-state index is 12.2. The Hall–Kier alpha value is -2.46. The van der Waals surface area contributed by atoms with E-state index in [1.54, 1.807) is 0 Å². The van der Waals surface area contributed by atoms with Crippen molar-refractivity contribution in [2.75, 3.05) is 5.32 Å². The fraction of sp³-hybridized carbons (Fsp3) is 0.357. The lowest BCUT2D eigenvalue weighted by molar-refractivity contribution is -0.155. The molecule has 0 spiro atoms. The van der Waals surface area contributed by atoms with Gasteiger partial charge in [0.25, 0.3) is 5.91 Å². The number of hydrogen-bond donors (Lipinski definition) is 3. The first-order valence-corrected chi connectivity index (χ1v) is 8.41. The van der Waals surface area contributed by atoms with Gasteiger partial charge in [0.1, 0.15) is 6.04 Å². The molecular formula is C14H19N3O6S. The predicted molar refractivity (Wildman–Crippen MR) is 85.3 cm³/mol. The molecule has 132 valence electrons. The average molecular weight is 357 g/mol. The molecule has 24 heavy (non-hydrogen) atoms. The van der Waals surface area contributed by atoms with Gasteiger partial charge in [-0.3, -0.25) is 14.4 Å². The molecule has 10 heteroatoms. The van der Waals surface area contributed by atoms with Gasteiger partial charge in [-0.15, -0.1) is 0 Å². The van der Waals surface area contributed by atoms with Crippen molar-refractivity contribution < 1.29 is 27.5 Å². The summed E-state index contributed by atoms with van der Waals surface area (Å²) >= 11 is 0. The zero-order chi connectivity index (χ0) is 18.5. The summed E-state index contributed by atoms with van der Waals surface area (Å²) in [5.74, 6) is -2.06. The fourth-order valence-electron chi connectivity index (χ4n) is 1.60. The molecule has 0 radical (unpaired) electrons. The summed E-state index contributed by atoms with van der Waals surface area (Å²) in [6, 6.07) is 4.16. The summed E-state index contributed by atoms with van der Waals surface area (Å²) in [6.45, 7) is 3.88. The lowest BCUT2D eigenvalue weighted by atomic mass is 10.3. The molecule has 0 aliphatic heterocycles. The van der Waals surface area contributed by atoms with E-state index in [0.717, 1.165) is 0 Å². The molecule has 1 rings (SSSR count). The van der Waals surface area contributed by atoms with Crippen LogP contribution in [-0.4, -0.2) is 38.3 Å². The minimum Gasteiger partial charge on any atom is -0.451 e. The van der Waals surface area contributed by atoms with Crippen LogP contribution in [0.4, 0.5) is 5.69 Å². The number of carbonyl (C=O) groups is 3. The van der Waals surface area contributed by atoms with Crippen molar-refractivity contribution in [1.29, 1.82) is 0 Å². The zero-order valence-corrected chi connectivity index (χ0v) is 14.2. The van der Waals surface area contributed by atoms with Gasteiger partial charge in [0.05, 0.1) is 4.90 Å². The monoisotopic (exact) mass is 357 g/mol. The average Bonchev–Trinajstić information content (AvgIpc) is 2.46. The summed E-state index contributed by atoms with van der Waals surface area (Å²) in [5, 5.41) is 2.50. The van der Waals surface area contributed by atoms with Crippen LogP contribution in [0, 0.1) is 0 Å². The highest BCUT2D eigenvalue weighted by atomic mass is 32.2. The molecule has 0 aromatic heterocycles. The molecule has 0 aliphatic rings. The number of hydrogen-bond acceptors (Lipinski definition) is 6. The van der Waals surface area contributed by atoms with Crippen LogP contribution >= 0.6 is 0 Å². The zero-order valence-electron chi connectivity index (χ0n) is 13.4. The minimum atomic E-state index is -3.99. The van der Waals surface area contributed by atoms with E-state index in [1.807, 2.05) is 0 Å². The number of amides is 2. The Morgan fingerprint density at radius 3 is 2.12 bits per heavy atom. The lowest BCUT2D eigenvalue weighted by Gasteiger charge is -2.16. The lowest BCUT2D eigenvalue weighted by Crippen LogP contribution is -2.42. The quantitative estimate of drug-likeness (QED) is 0.573. The molecule has 0 aliphatic carbocycles. The van der Waals surface area contributed by atoms with Crippen LogP contribution in [0.3, 0.4) is 0 Å². The van der Waals surface area contributed by atoms with Gasteiger partial charge in [-0.2, -0.15) is 4.72 Å². The van der Waals surface area contributed by atoms with E-state index in [-0.39, 0.29) is 10.8 Å². The molecular weight excluding hydrogens is 338 g/mol. The van der Waals surface area contributed by atoms with Gasteiger partial charge in [-0.1, -0.05) is 0 Å². The summed E-state index contributed by atoms with van der Waals surface area (Å²) < 4.78 is 31.3. The van der Waals surface area contributed by atoms with E-state index < -0.39 is 34.0 Å². The SMILES string of the molecule is CC(=O)Nc1ccc(S(=O)(=O)N[C@@H](C)C(=O)O[C@H](C)C(N)=O)cc1. The van der Waals surface area contributed by atoms with E-state index in [4.69, 9.17) is 10.5 Å². The van der Waals surface area contributed by atoms with Gasteiger partial charge >= 0.3 is 5.97 Å². The summed E-state index contributed by atoms with van der Waals surface area (Å²) in [5.41, 5.74) is 5.40. The Morgan fingerprint density at radius 1 is 1.12 bits per heavy atom. The number of nitrogens with one attached hydrogen (secondary N) is 2. The van der Waals surface area contributed by atoms with E-state index in [1.165, 1.54) is 45.0 Å². The number of rotatable bonds is 7. The van der Waals surface area contributed by atoms with Crippen molar-refractivity contribution in [2.24, 2.45) is 5.73 Å². The molecule has 0 saturated carbocycles. The molecule has 1 aromatic rings. The Bertz CT molecular complexity index is 729. The molecule has 0 unspecified atom stereocenters. The van der Waals surface area contributed by atoms with Gasteiger partial charge in [0.15, 0.2) is 6.10 Å². The van der Waals surface area contributed by atoms with Gasteiger partial charge in [0, 0.05) is 12.6 Å². The first kappa shape index (κ1) is 19.6. The number of carbonyl (C=O) groups excluding carboxylic acids is 3. The molecule has 0 heterocycles. The van der Waals surface area contributed by atoms with Crippen molar-refractivity contribution in [3.05, 3.63) is 24.3 Å². The smallest absolute Gasteiger partial charge is 0.324 e. The van der Waals surface area contributed by atoms with Gasteiger partial charge in [-0.05, 0) is 38.1 Å². The summed E-state index contributed by atoms with van der Waals surface area (Å²) in [4.78, 5) is 33.4. The minimum absolute atomic E-state index is 0.0980. The first-order chi connectivity index (χ1) is 11.0. The van der Waals surface area contributed by atoms with E-state index in [2.05, 4.69) is 10.0 Å². The first-order valence-electron chi connectivity index (χ1n) is 6.92. The second-order valence-electron chi connectivity index (χ2n) is 5.03. The number of anilines is 1. The molecule has 0 fully saturated rings. The topological polar surface area (TPSA) is 145 Å². The second kappa shape index (κ2) is 7.88. The molecule has 2 atom stereocenters. The Morgan fingerprint density at radius 2 is 1.67 bits per heavy atom. The third-order valence-electron chi connectivity index (χ3n) is 2.86. The van der Waals surface area contributed by atoms with Crippen LogP contribution in [0.5, 0.6) is 0 Å². The Labute approximate surface area is 139 Å². The van der Waals surface area contributed by atoms with E-state index >= 15 is 0 Å². The molecule has 0 saturated heterocycles.